The van der Waals surface area contributed by atoms with Crippen molar-refractivity contribution >= 4 is 38.5 Å². The smallest absolute Gasteiger partial charge is 0.270 e. The normalized spacial score (nSPS) is 13.5. The van der Waals surface area contributed by atoms with Crippen LogP contribution < -0.4 is 20.7 Å². The van der Waals surface area contributed by atoms with Crippen molar-refractivity contribution in [3.63, 3.8) is 0 Å². The third-order valence-corrected chi connectivity index (χ3v) is 6.23. The first-order chi connectivity index (χ1) is 16.6. The average Bonchev–Trinajstić information content (AvgIpc) is 3.25. The number of anilines is 1. The van der Waals surface area contributed by atoms with Crippen molar-refractivity contribution in [1.29, 1.82) is 0 Å². The van der Waals surface area contributed by atoms with Gasteiger partial charge in [0.2, 0.25) is 5.91 Å². The lowest BCUT2D eigenvalue weighted by molar-refractivity contribution is -0.118. The van der Waals surface area contributed by atoms with Crippen molar-refractivity contribution in [2.75, 3.05) is 25.5 Å². The summed E-state index contributed by atoms with van der Waals surface area (Å²) in [6, 6.07) is 9.61. The number of pyridine rings is 1. The molecule has 1 aliphatic carbocycles. The van der Waals surface area contributed by atoms with E-state index in [0.717, 1.165) is 22.5 Å². The lowest BCUT2D eigenvalue weighted by Crippen LogP contribution is -2.33. The number of benzene rings is 1. The first-order valence-electron chi connectivity index (χ1n) is 11.4. The van der Waals surface area contributed by atoms with Gasteiger partial charge in [0.1, 0.15) is 17.2 Å². The fourth-order valence-electron chi connectivity index (χ4n) is 3.69. The van der Waals surface area contributed by atoms with Gasteiger partial charge in [-0.2, -0.15) is 0 Å². The lowest BCUT2D eigenvalue weighted by Gasteiger charge is -2.22. The number of carbonyl (C=O) groups is 2. The van der Waals surface area contributed by atoms with Gasteiger partial charge >= 0.3 is 0 Å². The van der Waals surface area contributed by atoms with E-state index in [4.69, 9.17) is 14.8 Å². The standard InChI is InChI=1S/C23H27N5O3S.CH4O/c1-15(29)24-11-12-26-22(30)20-13-18(9-10-25-20)31-17-7-8-19-21(14-17)32-23(28-19)27-16-5-3-2-4-6-16;1-2/h7-10,13-14,16H,2-6,11-12H2,1H3,(H,24,29)(H,26,30)(H,27,28);2H,1H3. The zero-order valence-corrected chi connectivity index (χ0v) is 20.3. The minimum atomic E-state index is -0.322. The predicted molar refractivity (Wildman–Crippen MR) is 134 cm³/mol. The van der Waals surface area contributed by atoms with Gasteiger partial charge in [0.25, 0.3) is 5.91 Å². The molecule has 9 nitrogen and oxygen atoms in total. The van der Waals surface area contributed by atoms with Crippen LogP contribution in [0.3, 0.4) is 0 Å². The van der Waals surface area contributed by atoms with E-state index in [1.807, 2.05) is 18.2 Å². The quantitative estimate of drug-likeness (QED) is 0.359. The Bertz CT molecular complexity index is 1100. The summed E-state index contributed by atoms with van der Waals surface area (Å²) in [4.78, 5) is 32.0. The molecule has 0 spiro atoms. The number of hydrogen-bond donors (Lipinski definition) is 4. The molecule has 4 rings (SSSR count). The van der Waals surface area contributed by atoms with E-state index in [-0.39, 0.29) is 17.5 Å². The van der Waals surface area contributed by atoms with E-state index in [2.05, 4.69) is 20.9 Å². The van der Waals surface area contributed by atoms with Gasteiger partial charge in [-0.05, 0) is 31.0 Å². The molecule has 1 aliphatic rings. The summed E-state index contributed by atoms with van der Waals surface area (Å²) < 4.78 is 7.02. The number of rotatable bonds is 8. The van der Waals surface area contributed by atoms with Crippen LogP contribution in [0.25, 0.3) is 10.2 Å². The number of thiazole rings is 1. The van der Waals surface area contributed by atoms with Crippen molar-refractivity contribution in [2.45, 2.75) is 45.1 Å². The molecule has 0 radical (unpaired) electrons. The number of nitrogens with one attached hydrogen (secondary N) is 3. The molecule has 0 atom stereocenters. The van der Waals surface area contributed by atoms with Crippen LogP contribution in [0.5, 0.6) is 11.5 Å². The molecular weight excluding hydrogens is 454 g/mol. The van der Waals surface area contributed by atoms with E-state index < -0.39 is 0 Å². The molecule has 1 saturated carbocycles. The summed E-state index contributed by atoms with van der Waals surface area (Å²) in [6.07, 6.45) is 7.83. The van der Waals surface area contributed by atoms with E-state index in [9.17, 15) is 9.59 Å². The zero-order chi connectivity index (χ0) is 24.3. The number of hydrogen-bond acceptors (Lipinski definition) is 8. The topological polar surface area (TPSA) is 125 Å². The van der Waals surface area contributed by atoms with Gasteiger partial charge in [-0.1, -0.05) is 30.6 Å². The number of carbonyl (C=O) groups excluding carboxylic acids is 2. The lowest BCUT2D eigenvalue weighted by atomic mass is 9.96. The molecule has 0 aliphatic heterocycles. The SMILES string of the molecule is CC(=O)NCCNC(=O)c1cc(Oc2ccc3nc(NC4CCCCC4)sc3c2)ccn1.CO. The second-order valence-electron chi connectivity index (χ2n) is 7.85. The second-order valence-corrected chi connectivity index (χ2v) is 8.88. The molecule has 2 heterocycles. The number of nitrogens with zero attached hydrogens (tertiary/aromatic N) is 2. The molecule has 0 unspecified atom stereocenters. The zero-order valence-electron chi connectivity index (χ0n) is 19.5. The Balaban J connectivity index is 0.00000158. The molecule has 1 aromatic carbocycles. The van der Waals surface area contributed by atoms with Gasteiger partial charge in [0, 0.05) is 51.5 Å². The Hall–Kier alpha value is -3.24. The summed E-state index contributed by atoms with van der Waals surface area (Å²) in [5.41, 5.74) is 1.19. The first-order valence-corrected chi connectivity index (χ1v) is 12.2. The van der Waals surface area contributed by atoms with Crippen LogP contribution in [0.2, 0.25) is 0 Å². The van der Waals surface area contributed by atoms with Gasteiger partial charge in [-0.25, -0.2) is 4.98 Å². The number of aliphatic hydroxyl groups is 1. The highest BCUT2D eigenvalue weighted by Gasteiger charge is 2.15. The fourth-order valence-corrected chi connectivity index (χ4v) is 4.66. The van der Waals surface area contributed by atoms with Gasteiger partial charge in [0.15, 0.2) is 5.13 Å². The maximum Gasteiger partial charge on any atom is 0.270 e. The molecule has 0 saturated heterocycles. The highest BCUT2D eigenvalue weighted by atomic mass is 32.1. The molecule has 1 fully saturated rings. The van der Waals surface area contributed by atoms with Crippen LogP contribution in [0.15, 0.2) is 36.5 Å². The molecule has 0 bridgehead atoms. The van der Waals surface area contributed by atoms with Crippen molar-refractivity contribution in [3.05, 3.63) is 42.2 Å². The minimum Gasteiger partial charge on any atom is -0.457 e. The number of fused-ring (bicyclic) bond motifs is 1. The van der Waals surface area contributed by atoms with Gasteiger partial charge in [-0.3, -0.25) is 14.6 Å². The summed E-state index contributed by atoms with van der Waals surface area (Å²) in [6.45, 7) is 2.12. The number of ether oxygens (including phenoxy) is 1. The number of amides is 2. The van der Waals surface area contributed by atoms with Crippen molar-refractivity contribution < 1.29 is 19.4 Å². The summed E-state index contributed by atoms with van der Waals surface area (Å²) in [5.74, 6) is 0.740. The van der Waals surface area contributed by atoms with E-state index >= 15 is 0 Å². The average molecular weight is 486 g/mol. The van der Waals surface area contributed by atoms with Crippen LogP contribution in [-0.2, 0) is 4.79 Å². The van der Waals surface area contributed by atoms with Crippen LogP contribution in [0, 0.1) is 0 Å². The van der Waals surface area contributed by atoms with Crippen LogP contribution in [0.4, 0.5) is 5.13 Å². The predicted octanol–water partition coefficient (Wildman–Crippen LogP) is 3.70. The van der Waals surface area contributed by atoms with Crippen molar-refractivity contribution in [3.8, 4) is 11.5 Å². The first kappa shape index (κ1) is 25.4. The molecule has 2 aromatic heterocycles. The maximum atomic E-state index is 12.3. The number of aliphatic hydroxyl groups excluding tert-OH is 1. The van der Waals surface area contributed by atoms with Crippen molar-refractivity contribution in [2.24, 2.45) is 0 Å². The highest BCUT2D eigenvalue weighted by molar-refractivity contribution is 7.22. The maximum absolute atomic E-state index is 12.3. The molecular formula is C24H31N5O4S. The summed E-state index contributed by atoms with van der Waals surface area (Å²) >= 11 is 1.63. The number of aromatic nitrogens is 2. The molecule has 2 amide bonds. The molecule has 3 aromatic rings. The largest absolute Gasteiger partial charge is 0.457 e. The van der Waals surface area contributed by atoms with Gasteiger partial charge in [0.05, 0.1) is 10.2 Å². The molecule has 10 heteroatoms. The van der Waals surface area contributed by atoms with Crippen LogP contribution in [-0.4, -0.2) is 53.1 Å². The third kappa shape index (κ3) is 7.39. The van der Waals surface area contributed by atoms with E-state index in [1.54, 1.807) is 23.5 Å². The van der Waals surface area contributed by atoms with Crippen LogP contribution in [0.1, 0.15) is 49.5 Å². The Labute approximate surface area is 203 Å². The molecule has 34 heavy (non-hydrogen) atoms. The highest BCUT2D eigenvalue weighted by Crippen LogP contribution is 2.32. The van der Waals surface area contributed by atoms with Gasteiger partial charge < -0.3 is 25.8 Å². The Morgan fingerprint density at radius 1 is 1.06 bits per heavy atom. The van der Waals surface area contributed by atoms with E-state index in [0.29, 0.717) is 30.6 Å². The Morgan fingerprint density at radius 2 is 1.79 bits per heavy atom. The Morgan fingerprint density at radius 3 is 2.56 bits per heavy atom. The monoisotopic (exact) mass is 485 g/mol. The molecule has 4 N–H and O–H groups in total. The fraction of sp³-hybridized carbons (Fsp3) is 0.417. The van der Waals surface area contributed by atoms with Gasteiger partial charge in [-0.15, -0.1) is 0 Å². The Kier molecular flexibility index (Phi) is 9.60. The minimum absolute atomic E-state index is 0.137. The van der Waals surface area contributed by atoms with E-state index in [1.165, 1.54) is 45.2 Å². The summed E-state index contributed by atoms with van der Waals surface area (Å²) in [7, 11) is 1.00. The molecule has 182 valence electrons. The summed E-state index contributed by atoms with van der Waals surface area (Å²) in [5, 5.41) is 16.9. The third-order valence-electron chi connectivity index (χ3n) is 5.28. The van der Waals surface area contributed by atoms with Crippen LogP contribution >= 0.6 is 11.3 Å². The second kappa shape index (κ2) is 12.9. The van der Waals surface area contributed by atoms with Crippen molar-refractivity contribution in [1.82, 2.24) is 20.6 Å².